The standard InChI is InChI=1S/C3H18O4Si5/c1-10-6-12(4-8,5-9)7-11(2)3/h11H,10H2,1-3,8-9H3. The first-order valence-electron chi connectivity index (χ1n) is 4.02. The number of hydrogen-bond donors (Lipinski definition) is 0. The van der Waals surface area contributed by atoms with Crippen LogP contribution in [0.2, 0.25) is 19.6 Å². The summed E-state index contributed by atoms with van der Waals surface area (Å²) in [6, 6.07) is 0. The van der Waals surface area contributed by atoms with Crippen LogP contribution in [-0.4, -0.2) is 48.8 Å². The van der Waals surface area contributed by atoms with Crippen molar-refractivity contribution in [2.24, 2.45) is 0 Å². The number of rotatable bonds is 6. The van der Waals surface area contributed by atoms with Crippen molar-refractivity contribution in [3.05, 3.63) is 0 Å². The Balaban J connectivity index is 4.13. The van der Waals surface area contributed by atoms with E-state index in [-0.39, 0.29) is 0 Å². The van der Waals surface area contributed by atoms with Gasteiger partial charge in [0.1, 0.15) is 21.0 Å². The molecule has 0 amide bonds. The van der Waals surface area contributed by atoms with E-state index < -0.39 is 27.9 Å². The summed E-state index contributed by atoms with van der Waals surface area (Å²) in [5, 5.41) is 0. The van der Waals surface area contributed by atoms with Gasteiger partial charge in [0.2, 0.25) is 0 Å². The summed E-state index contributed by atoms with van der Waals surface area (Å²) in [5.41, 5.74) is 0. The van der Waals surface area contributed by atoms with Gasteiger partial charge >= 0.3 is 9.05 Å². The normalized spacial score (nSPS) is 18.0. The molecule has 0 rings (SSSR count). The Morgan fingerprint density at radius 3 is 2.00 bits per heavy atom. The van der Waals surface area contributed by atoms with Gasteiger partial charge in [-0.05, 0) is 13.1 Å². The Labute approximate surface area is 85.2 Å². The van der Waals surface area contributed by atoms with Crippen LogP contribution in [0.5, 0.6) is 0 Å². The van der Waals surface area contributed by atoms with E-state index in [1.165, 1.54) is 0 Å². The maximum atomic E-state index is 5.69. The van der Waals surface area contributed by atoms with E-state index in [2.05, 4.69) is 19.6 Å². The largest absolute Gasteiger partial charge is 0.635 e. The summed E-state index contributed by atoms with van der Waals surface area (Å²) in [6.45, 7) is 6.26. The third kappa shape index (κ3) is 4.24. The quantitative estimate of drug-likeness (QED) is 0.481. The highest BCUT2D eigenvalue weighted by molar-refractivity contribution is 6.72. The number of hydrogen-bond acceptors (Lipinski definition) is 4. The minimum Gasteiger partial charge on any atom is -0.404 e. The smallest absolute Gasteiger partial charge is 0.404 e. The molecule has 0 aromatic heterocycles. The van der Waals surface area contributed by atoms with Gasteiger partial charge in [-0.2, -0.15) is 0 Å². The maximum Gasteiger partial charge on any atom is 0.635 e. The van der Waals surface area contributed by atoms with Crippen LogP contribution < -0.4 is 0 Å². The highest BCUT2D eigenvalue weighted by atomic mass is 28.5. The Morgan fingerprint density at radius 2 is 1.75 bits per heavy atom. The molecule has 74 valence electrons. The molecule has 0 fully saturated rings. The highest BCUT2D eigenvalue weighted by Crippen LogP contribution is 2.09. The Kier molecular flexibility index (Phi) is 6.88. The van der Waals surface area contributed by atoms with Crippen molar-refractivity contribution in [3.8, 4) is 0 Å². The lowest BCUT2D eigenvalue weighted by atomic mass is 11.9. The molecular formula is C3H18O4Si5. The molecule has 0 saturated carbocycles. The molecule has 0 atom stereocenters. The fourth-order valence-electron chi connectivity index (χ4n) is 0.797. The van der Waals surface area contributed by atoms with Crippen LogP contribution >= 0.6 is 0 Å². The van der Waals surface area contributed by atoms with Gasteiger partial charge in [0, 0.05) is 0 Å². The van der Waals surface area contributed by atoms with Gasteiger partial charge in [-0.25, -0.2) is 0 Å². The molecular weight excluding hydrogens is 240 g/mol. The zero-order valence-electron chi connectivity index (χ0n) is 8.42. The first kappa shape index (κ1) is 12.9. The van der Waals surface area contributed by atoms with Crippen LogP contribution in [0.4, 0.5) is 0 Å². The van der Waals surface area contributed by atoms with Crippen molar-refractivity contribution < 1.29 is 16.5 Å². The predicted molar refractivity (Wildman–Crippen MR) is 63.3 cm³/mol. The van der Waals surface area contributed by atoms with Gasteiger partial charge in [0.15, 0.2) is 18.8 Å². The molecule has 0 N–H and O–H groups in total. The Hall–Kier alpha value is 0.924. The summed E-state index contributed by atoms with van der Waals surface area (Å²) >= 11 is 0. The summed E-state index contributed by atoms with van der Waals surface area (Å²) in [7, 11) is -2.91. The van der Waals surface area contributed by atoms with Crippen LogP contribution in [0, 0.1) is 0 Å². The van der Waals surface area contributed by atoms with Crippen LogP contribution in [0.3, 0.4) is 0 Å². The molecule has 0 spiro atoms. The molecule has 4 nitrogen and oxygen atoms in total. The van der Waals surface area contributed by atoms with Gasteiger partial charge in [-0.1, -0.05) is 6.55 Å². The third-order valence-corrected chi connectivity index (χ3v) is 10.8. The van der Waals surface area contributed by atoms with Crippen molar-refractivity contribution in [3.63, 3.8) is 0 Å². The fourth-order valence-corrected chi connectivity index (χ4v) is 13.1. The molecule has 0 radical (unpaired) electrons. The first-order chi connectivity index (χ1) is 5.60. The topological polar surface area (TPSA) is 36.9 Å². The van der Waals surface area contributed by atoms with Gasteiger partial charge < -0.3 is 16.5 Å². The molecule has 0 aliphatic heterocycles. The van der Waals surface area contributed by atoms with Gasteiger partial charge in [-0.3, -0.25) is 0 Å². The molecule has 0 aromatic rings. The van der Waals surface area contributed by atoms with Crippen molar-refractivity contribution in [2.45, 2.75) is 19.6 Å². The Morgan fingerprint density at radius 1 is 1.25 bits per heavy atom. The van der Waals surface area contributed by atoms with E-state index >= 15 is 0 Å². The molecule has 12 heavy (non-hydrogen) atoms. The highest BCUT2D eigenvalue weighted by Gasteiger charge is 2.41. The van der Waals surface area contributed by atoms with Crippen molar-refractivity contribution >= 4 is 48.8 Å². The van der Waals surface area contributed by atoms with Gasteiger partial charge in [-0.15, -0.1) is 0 Å². The molecule has 0 aromatic carbocycles. The summed E-state index contributed by atoms with van der Waals surface area (Å²) in [4.78, 5) is 0. The van der Waals surface area contributed by atoms with Crippen molar-refractivity contribution in [1.82, 2.24) is 0 Å². The Bertz CT molecular complexity index is 117. The van der Waals surface area contributed by atoms with Crippen molar-refractivity contribution in [1.29, 1.82) is 0 Å². The third-order valence-electron chi connectivity index (χ3n) is 1.20. The second kappa shape index (κ2) is 6.39. The van der Waals surface area contributed by atoms with E-state index in [4.69, 9.17) is 16.5 Å². The lowest BCUT2D eigenvalue weighted by Crippen LogP contribution is -2.51. The zero-order valence-corrected chi connectivity index (χ0v) is 16.0. The average molecular weight is 259 g/mol. The molecule has 9 heteroatoms. The second-order valence-corrected chi connectivity index (χ2v) is 11.5. The molecule has 0 saturated heterocycles. The lowest BCUT2D eigenvalue weighted by molar-refractivity contribution is 0.180. The van der Waals surface area contributed by atoms with Crippen LogP contribution in [0.1, 0.15) is 0 Å². The van der Waals surface area contributed by atoms with E-state index in [9.17, 15) is 0 Å². The fraction of sp³-hybridized carbons (Fsp3) is 1.00. The minimum atomic E-state index is -2.56. The van der Waals surface area contributed by atoms with Crippen LogP contribution in [0.15, 0.2) is 0 Å². The van der Waals surface area contributed by atoms with E-state index in [1.54, 1.807) is 0 Å². The van der Waals surface area contributed by atoms with Crippen LogP contribution in [-0.2, 0) is 16.5 Å². The summed E-state index contributed by atoms with van der Waals surface area (Å²) in [5.74, 6) is 0. The van der Waals surface area contributed by atoms with Gasteiger partial charge in [0.25, 0.3) is 0 Å². The summed E-state index contributed by atoms with van der Waals surface area (Å²) in [6.07, 6.45) is 0. The molecule has 0 heterocycles. The van der Waals surface area contributed by atoms with Gasteiger partial charge in [0.05, 0.1) is 0 Å². The lowest BCUT2D eigenvalue weighted by Gasteiger charge is -2.28. The summed E-state index contributed by atoms with van der Waals surface area (Å²) < 4.78 is 22.0. The molecule has 0 aliphatic rings. The average Bonchev–Trinajstić information content (AvgIpc) is 2.03. The van der Waals surface area contributed by atoms with E-state index in [1.807, 2.05) is 0 Å². The first-order valence-corrected chi connectivity index (χ1v) is 12.1. The van der Waals surface area contributed by atoms with E-state index in [0.29, 0.717) is 21.0 Å². The SMILES string of the molecule is C[SiH2]O[Si](O[SiH3])(O[SiH3])O[SiH](C)C. The molecule has 0 bridgehead atoms. The maximum absolute atomic E-state index is 5.69. The predicted octanol–water partition coefficient (Wildman–Crippen LogP) is -2.84. The zero-order chi connectivity index (χ0) is 9.61. The van der Waals surface area contributed by atoms with Crippen molar-refractivity contribution in [2.75, 3.05) is 0 Å². The molecule has 0 unspecified atom stereocenters. The minimum absolute atomic E-state index is 0.502. The second-order valence-electron chi connectivity index (χ2n) is 2.51. The monoisotopic (exact) mass is 258 g/mol. The molecule has 0 aliphatic carbocycles. The van der Waals surface area contributed by atoms with Crippen LogP contribution in [0.25, 0.3) is 0 Å². The van der Waals surface area contributed by atoms with E-state index in [0.717, 1.165) is 0 Å².